The fourth-order valence-electron chi connectivity index (χ4n) is 6.22. The first-order valence-corrected chi connectivity index (χ1v) is 19.1. The van der Waals surface area contributed by atoms with Gasteiger partial charge in [-0.1, -0.05) is 49.7 Å². The van der Waals surface area contributed by atoms with Gasteiger partial charge in [-0.15, -0.1) is 0 Å². The zero-order chi connectivity index (χ0) is 41.5. The topological polar surface area (TPSA) is 180 Å². The van der Waals surface area contributed by atoms with E-state index in [-0.39, 0.29) is 36.6 Å². The van der Waals surface area contributed by atoms with Crippen molar-refractivity contribution in [3.63, 3.8) is 0 Å². The number of halogens is 4. The highest BCUT2D eigenvalue weighted by Gasteiger charge is 2.45. The molecule has 6 rings (SSSR count). The van der Waals surface area contributed by atoms with Gasteiger partial charge in [0.1, 0.15) is 0 Å². The van der Waals surface area contributed by atoms with E-state index in [1.807, 2.05) is 12.1 Å². The molecule has 0 bridgehead atoms. The summed E-state index contributed by atoms with van der Waals surface area (Å²) in [5.41, 5.74) is 0.994. The lowest BCUT2D eigenvalue weighted by molar-refractivity contribution is -0.154. The van der Waals surface area contributed by atoms with Crippen molar-refractivity contribution in [2.45, 2.75) is 57.7 Å². The number of amides is 4. The molecule has 1 saturated carbocycles. The molecule has 5 N–H and O–H groups in total. The Kier molecular flexibility index (Phi) is 12.7. The summed E-state index contributed by atoms with van der Waals surface area (Å²) in [4.78, 5) is 65.9. The Balaban J connectivity index is 1.02. The molecule has 1 aliphatic carbocycles. The number of hydrogen-bond donors (Lipinski definition) is 5. The molecule has 4 aromatic rings. The van der Waals surface area contributed by atoms with Crippen molar-refractivity contribution in [3.05, 3.63) is 94.5 Å². The van der Waals surface area contributed by atoms with Crippen LogP contribution < -0.4 is 31.3 Å². The molecule has 4 amide bonds. The highest BCUT2D eigenvalue weighted by atomic mass is 35.5. The van der Waals surface area contributed by atoms with Crippen molar-refractivity contribution >= 4 is 58.5 Å². The van der Waals surface area contributed by atoms with Crippen molar-refractivity contribution in [3.8, 4) is 6.01 Å². The minimum atomic E-state index is -4.62. The van der Waals surface area contributed by atoms with Crippen LogP contribution in [0.2, 0.25) is 5.02 Å². The highest BCUT2D eigenvalue weighted by molar-refractivity contribution is 6.40. The Labute approximate surface area is 337 Å². The molecule has 0 unspecified atom stereocenters. The van der Waals surface area contributed by atoms with Gasteiger partial charge in [0.2, 0.25) is 11.9 Å². The van der Waals surface area contributed by atoms with Gasteiger partial charge in [-0.3, -0.25) is 19.2 Å². The average Bonchev–Trinajstić information content (AvgIpc) is 3.99. The molecule has 1 aliphatic heterocycles. The van der Waals surface area contributed by atoms with Crippen LogP contribution in [0.3, 0.4) is 0 Å². The minimum Gasteiger partial charge on any atom is -0.454 e. The molecule has 2 heterocycles. The van der Waals surface area contributed by atoms with E-state index in [2.05, 4.69) is 41.5 Å². The molecule has 1 saturated heterocycles. The normalized spacial score (nSPS) is 14.8. The van der Waals surface area contributed by atoms with E-state index < -0.39 is 47.5 Å². The Morgan fingerprint density at radius 2 is 1.47 bits per heavy atom. The molecular weight excluding hydrogens is 779 g/mol. The first kappa shape index (κ1) is 41.7. The third-order valence-electron chi connectivity index (χ3n) is 9.59. The van der Waals surface area contributed by atoms with Gasteiger partial charge in [-0.2, -0.15) is 28.1 Å². The summed E-state index contributed by atoms with van der Waals surface area (Å²) in [5, 5.41) is 14.7. The number of hydrogen-bond acceptors (Lipinski definition) is 10. The largest absolute Gasteiger partial charge is 0.454 e. The number of likely N-dealkylation sites (tertiary alicyclic amines) is 1. The first-order chi connectivity index (χ1) is 27.6. The molecular formula is C40H43ClF3N9O5. The highest BCUT2D eigenvalue weighted by Crippen LogP contribution is 2.48. The van der Waals surface area contributed by atoms with Gasteiger partial charge in [0, 0.05) is 42.5 Å². The minimum absolute atomic E-state index is 0.00241. The number of para-hydroxylation sites is 1. The van der Waals surface area contributed by atoms with Crippen LogP contribution in [0.5, 0.6) is 6.01 Å². The van der Waals surface area contributed by atoms with Gasteiger partial charge >= 0.3 is 24.0 Å². The van der Waals surface area contributed by atoms with E-state index in [1.54, 1.807) is 67.3 Å². The molecule has 2 aliphatic rings. The number of nitrogens with zero attached hydrogens (tertiary/aromatic N) is 4. The first-order valence-electron chi connectivity index (χ1n) is 18.7. The third kappa shape index (κ3) is 11.3. The van der Waals surface area contributed by atoms with Crippen molar-refractivity contribution in [1.82, 2.24) is 30.5 Å². The average molecular weight is 822 g/mol. The lowest BCUT2D eigenvalue weighted by Gasteiger charge is -2.27. The lowest BCUT2D eigenvalue weighted by atomic mass is 9.93. The summed E-state index contributed by atoms with van der Waals surface area (Å²) in [5.74, 6) is -2.52. The number of piperidine rings is 1. The van der Waals surface area contributed by atoms with Crippen LogP contribution in [0.1, 0.15) is 72.2 Å². The van der Waals surface area contributed by atoms with Gasteiger partial charge in [-0.05, 0) is 91.6 Å². The molecule has 306 valence electrons. The van der Waals surface area contributed by atoms with E-state index in [4.69, 9.17) is 16.3 Å². The third-order valence-corrected chi connectivity index (χ3v) is 9.84. The summed E-state index contributed by atoms with van der Waals surface area (Å²) >= 11 is 6.04. The van der Waals surface area contributed by atoms with Gasteiger partial charge in [-0.25, -0.2) is 0 Å². The molecule has 58 heavy (non-hydrogen) atoms. The number of carbonyl (C=O) groups is 4. The summed E-state index contributed by atoms with van der Waals surface area (Å²) in [6, 6.07) is 19.4. The van der Waals surface area contributed by atoms with E-state index in [1.165, 1.54) is 12.1 Å². The molecule has 2 fully saturated rings. The van der Waals surface area contributed by atoms with Crippen LogP contribution in [0.4, 0.5) is 36.4 Å². The van der Waals surface area contributed by atoms with Gasteiger partial charge < -0.3 is 36.2 Å². The van der Waals surface area contributed by atoms with Gasteiger partial charge in [0.15, 0.2) is 6.61 Å². The van der Waals surface area contributed by atoms with E-state index >= 15 is 0 Å². The van der Waals surface area contributed by atoms with Crippen LogP contribution in [0.25, 0.3) is 0 Å². The Bertz CT molecular complexity index is 2130. The standard InChI is InChI=1S/C40H43ClF3N9O5/c1-38(2,23-46-32(55)33(56)48-30-9-5-4-8-29(30)34(57)53-20-6-3-7-21-53)22-45-31(54)25-10-16-28(17-11-25)47-35-49-36(51-37(50-35)58-24-40(42,43)44)52-39(18-19-39)26-12-14-27(41)15-13-26/h4-5,8-17H,3,6-7,18-24H2,1-2H3,(H,45,54)(H,46,55)(H,48,56)(H2,47,49,50,51,52). The molecule has 18 heteroatoms. The zero-order valence-electron chi connectivity index (χ0n) is 31.8. The van der Waals surface area contributed by atoms with Gasteiger partial charge in [0.05, 0.1) is 16.8 Å². The Morgan fingerprint density at radius 1 is 0.810 bits per heavy atom. The smallest absolute Gasteiger partial charge is 0.422 e. The van der Waals surface area contributed by atoms with Crippen molar-refractivity contribution < 1.29 is 37.1 Å². The summed E-state index contributed by atoms with van der Waals surface area (Å²) in [6.07, 6.45) is -0.270. The van der Waals surface area contributed by atoms with E-state index in [0.717, 1.165) is 37.7 Å². The number of ether oxygens (including phenoxy) is 1. The second-order valence-corrected chi connectivity index (χ2v) is 15.4. The van der Waals surface area contributed by atoms with Crippen molar-refractivity contribution in [1.29, 1.82) is 0 Å². The van der Waals surface area contributed by atoms with E-state index in [9.17, 15) is 32.3 Å². The number of benzene rings is 3. The van der Waals surface area contributed by atoms with Crippen LogP contribution in [0, 0.1) is 5.41 Å². The molecule has 1 aromatic heterocycles. The van der Waals surface area contributed by atoms with Gasteiger partial charge in [0.25, 0.3) is 11.8 Å². The SMILES string of the molecule is CC(C)(CNC(=O)C(=O)Nc1ccccc1C(=O)N1CCCCC1)CNC(=O)c1ccc(Nc2nc(NC3(c4ccc(Cl)cc4)CC3)nc(OCC(F)(F)F)n2)cc1. The maximum absolute atomic E-state index is 13.1. The fraction of sp³-hybridized carbons (Fsp3) is 0.375. The van der Waals surface area contributed by atoms with Crippen LogP contribution in [0.15, 0.2) is 72.8 Å². The Hall–Kier alpha value is -5.97. The monoisotopic (exact) mass is 821 g/mol. The Morgan fingerprint density at radius 3 is 2.14 bits per heavy atom. The van der Waals surface area contributed by atoms with Crippen molar-refractivity contribution in [2.75, 3.05) is 48.7 Å². The fourth-order valence-corrected chi connectivity index (χ4v) is 6.34. The molecule has 3 aromatic carbocycles. The maximum atomic E-state index is 13.1. The number of rotatable bonds is 14. The van der Waals surface area contributed by atoms with Crippen molar-refractivity contribution in [2.24, 2.45) is 5.41 Å². The molecule has 0 spiro atoms. The number of anilines is 4. The quantitative estimate of drug-likeness (QED) is 0.0889. The summed E-state index contributed by atoms with van der Waals surface area (Å²) < 4.78 is 43.8. The van der Waals surface area contributed by atoms with Crippen LogP contribution in [-0.2, 0) is 15.1 Å². The number of aromatic nitrogens is 3. The van der Waals surface area contributed by atoms with E-state index in [0.29, 0.717) is 34.9 Å². The number of nitrogens with one attached hydrogen (secondary N) is 5. The second kappa shape index (κ2) is 17.7. The lowest BCUT2D eigenvalue weighted by Crippen LogP contribution is -2.45. The molecule has 0 radical (unpaired) electrons. The summed E-state index contributed by atoms with van der Waals surface area (Å²) in [7, 11) is 0. The number of carbonyl (C=O) groups excluding carboxylic acids is 4. The molecule has 0 atom stereocenters. The predicted molar refractivity (Wildman–Crippen MR) is 211 cm³/mol. The van der Waals surface area contributed by atoms with Crippen LogP contribution >= 0.6 is 11.6 Å². The number of alkyl halides is 3. The molecule has 14 nitrogen and oxygen atoms in total. The van der Waals surface area contributed by atoms with Crippen LogP contribution in [-0.4, -0.2) is 82.4 Å². The predicted octanol–water partition coefficient (Wildman–Crippen LogP) is 6.45. The summed E-state index contributed by atoms with van der Waals surface area (Å²) in [6.45, 7) is 3.47. The second-order valence-electron chi connectivity index (χ2n) is 15.0. The zero-order valence-corrected chi connectivity index (χ0v) is 32.6. The maximum Gasteiger partial charge on any atom is 0.422 e.